The Morgan fingerprint density at radius 3 is 2.50 bits per heavy atom. The first-order valence-electron chi connectivity index (χ1n) is 7.50. The van der Waals surface area contributed by atoms with Crippen molar-refractivity contribution in [1.82, 2.24) is 10.2 Å². The summed E-state index contributed by atoms with van der Waals surface area (Å²) in [4.78, 5) is 0. The van der Waals surface area contributed by atoms with Gasteiger partial charge in [-0.1, -0.05) is 6.92 Å². The third kappa shape index (κ3) is 2.42. The van der Waals surface area contributed by atoms with Gasteiger partial charge in [0.2, 0.25) is 11.8 Å². The van der Waals surface area contributed by atoms with Crippen molar-refractivity contribution in [2.24, 2.45) is 5.73 Å². The molecule has 3 N–H and O–H groups in total. The molecule has 1 aromatic carbocycles. The second kappa shape index (κ2) is 6.16. The van der Waals surface area contributed by atoms with Gasteiger partial charge in [-0.05, 0) is 24.1 Å². The number of nitriles is 1. The fourth-order valence-corrected chi connectivity index (χ4v) is 2.91. The van der Waals surface area contributed by atoms with Crippen LogP contribution in [0.25, 0.3) is 0 Å². The van der Waals surface area contributed by atoms with Crippen LogP contribution in [0.5, 0.6) is 17.4 Å². The molecule has 7 heteroatoms. The molecular weight excluding hydrogens is 308 g/mol. The molecule has 1 aromatic heterocycles. The molecule has 0 saturated carbocycles. The molecule has 124 valence electrons. The van der Waals surface area contributed by atoms with Crippen LogP contribution in [0.3, 0.4) is 0 Å². The van der Waals surface area contributed by atoms with Gasteiger partial charge >= 0.3 is 0 Å². The molecule has 0 radical (unpaired) electrons. The molecule has 2 aromatic rings. The number of ether oxygens (including phenoxy) is 3. The maximum Gasteiger partial charge on any atom is 0.244 e. The molecule has 7 nitrogen and oxygen atoms in total. The lowest BCUT2D eigenvalue weighted by molar-refractivity contribution is 0.377. The Morgan fingerprint density at radius 2 is 1.96 bits per heavy atom. The van der Waals surface area contributed by atoms with Crippen molar-refractivity contribution in [1.29, 1.82) is 5.26 Å². The van der Waals surface area contributed by atoms with Crippen LogP contribution in [0.1, 0.15) is 29.7 Å². The monoisotopic (exact) mass is 326 g/mol. The number of aromatic nitrogens is 2. The van der Waals surface area contributed by atoms with Gasteiger partial charge in [-0.25, -0.2) is 0 Å². The minimum atomic E-state index is -0.392. The van der Waals surface area contributed by atoms with E-state index in [2.05, 4.69) is 16.3 Å². The quantitative estimate of drug-likeness (QED) is 0.892. The van der Waals surface area contributed by atoms with E-state index < -0.39 is 5.92 Å². The summed E-state index contributed by atoms with van der Waals surface area (Å²) >= 11 is 0. The first kappa shape index (κ1) is 15.7. The highest BCUT2D eigenvalue weighted by atomic mass is 16.5. The Labute approximate surface area is 139 Å². The molecule has 0 fully saturated rings. The summed E-state index contributed by atoms with van der Waals surface area (Å²) < 4.78 is 16.2. The standard InChI is InChI=1S/C17H18N4O3/c1-4-13-15-14(9-5-10(22-2)7-11(6-9)23-3)12(8-18)16(19)24-17(15)21-20-13/h5-7,14H,4,19H2,1-3H3,(H,20,21)/t14-/m0/s1. The van der Waals surface area contributed by atoms with E-state index in [-0.39, 0.29) is 5.88 Å². The fourth-order valence-electron chi connectivity index (χ4n) is 2.91. The normalized spacial score (nSPS) is 16.2. The highest BCUT2D eigenvalue weighted by Gasteiger charge is 2.35. The zero-order chi connectivity index (χ0) is 17.3. The number of allylic oxidation sites excluding steroid dienone is 1. The zero-order valence-electron chi connectivity index (χ0n) is 13.7. The van der Waals surface area contributed by atoms with Gasteiger partial charge in [0.1, 0.15) is 23.1 Å². The van der Waals surface area contributed by atoms with Crippen LogP contribution >= 0.6 is 0 Å². The number of methoxy groups -OCH3 is 2. The molecule has 3 rings (SSSR count). The van der Waals surface area contributed by atoms with E-state index >= 15 is 0 Å². The fraction of sp³-hybridized carbons (Fsp3) is 0.294. The summed E-state index contributed by atoms with van der Waals surface area (Å²) in [5.41, 5.74) is 8.83. The van der Waals surface area contributed by atoms with Crippen molar-refractivity contribution in [2.75, 3.05) is 14.2 Å². The summed E-state index contributed by atoms with van der Waals surface area (Å²) in [5, 5.41) is 16.7. The number of aryl methyl sites for hydroxylation is 1. The van der Waals surface area contributed by atoms with Crippen LogP contribution in [0.15, 0.2) is 29.7 Å². The van der Waals surface area contributed by atoms with Gasteiger partial charge in [-0.15, -0.1) is 5.10 Å². The zero-order valence-corrected chi connectivity index (χ0v) is 13.7. The molecule has 0 spiro atoms. The Bertz CT molecular complexity index is 826. The molecule has 2 heterocycles. The second-order valence-electron chi connectivity index (χ2n) is 5.35. The lowest BCUT2D eigenvalue weighted by atomic mass is 9.83. The predicted molar refractivity (Wildman–Crippen MR) is 86.8 cm³/mol. The van der Waals surface area contributed by atoms with Crippen molar-refractivity contribution in [3.63, 3.8) is 0 Å². The Hall–Kier alpha value is -3.14. The van der Waals surface area contributed by atoms with Crippen molar-refractivity contribution in [3.8, 4) is 23.4 Å². The number of fused-ring (bicyclic) bond motifs is 1. The van der Waals surface area contributed by atoms with Gasteiger partial charge in [-0.3, -0.25) is 5.10 Å². The maximum atomic E-state index is 9.61. The third-order valence-electron chi connectivity index (χ3n) is 4.08. The SMILES string of the molecule is CCc1[nH]nc2c1[C@@H](c1cc(OC)cc(OC)c1)C(C#N)=C(N)O2. The lowest BCUT2D eigenvalue weighted by Crippen LogP contribution is -2.21. The number of nitrogens with one attached hydrogen (secondary N) is 1. The van der Waals surface area contributed by atoms with E-state index in [1.807, 2.05) is 19.1 Å². The van der Waals surface area contributed by atoms with E-state index in [1.54, 1.807) is 20.3 Å². The number of hydrogen-bond acceptors (Lipinski definition) is 6. The van der Waals surface area contributed by atoms with E-state index in [1.165, 1.54) is 0 Å². The molecule has 0 amide bonds. The van der Waals surface area contributed by atoms with Gasteiger partial charge < -0.3 is 19.9 Å². The van der Waals surface area contributed by atoms with Crippen LogP contribution in [0, 0.1) is 11.3 Å². The number of benzene rings is 1. The molecule has 0 bridgehead atoms. The van der Waals surface area contributed by atoms with Gasteiger partial charge in [0, 0.05) is 17.3 Å². The number of nitrogens with zero attached hydrogens (tertiary/aromatic N) is 2. The molecule has 0 aliphatic carbocycles. The van der Waals surface area contributed by atoms with E-state index in [4.69, 9.17) is 19.9 Å². The third-order valence-corrected chi connectivity index (χ3v) is 4.08. The van der Waals surface area contributed by atoms with Crippen molar-refractivity contribution < 1.29 is 14.2 Å². The smallest absolute Gasteiger partial charge is 0.244 e. The van der Waals surface area contributed by atoms with Gasteiger partial charge in [0.15, 0.2) is 0 Å². The molecule has 1 aliphatic rings. The first-order valence-corrected chi connectivity index (χ1v) is 7.50. The molecule has 0 saturated heterocycles. The summed E-state index contributed by atoms with van der Waals surface area (Å²) in [6, 6.07) is 7.66. The summed E-state index contributed by atoms with van der Waals surface area (Å²) in [6.45, 7) is 2.00. The van der Waals surface area contributed by atoms with E-state index in [0.717, 1.165) is 23.2 Å². The number of nitrogens with two attached hydrogens (primary N) is 1. The summed E-state index contributed by atoms with van der Waals surface area (Å²) in [7, 11) is 3.16. The summed E-state index contributed by atoms with van der Waals surface area (Å²) in [6.07, 6.45) is 0.724. The van der Waals surface area contributed by atoms with Crippen molar-refractivity contribution >= 4 is 0 Å². The molecule has 1 aliphatic heterocycles. The number of hydrogen-bond donors (Lipinski definition) is 2. The van der Waals surface area contributed by atoms with Gasteiger partial charge in [0.05, 0.1) is 20.1 Å². The number of H-pyrrole nitrogens is 1. The van der Waals surface area contributed by atoms with E-state index in [0.29, 0.717) is 23.0 Å². The van der Waals surface area contributed by atoms with Crippen LogP contribution in [-0.4, -0.2) is 24.4 Å². The Balaban J connectivity index is 2.25. The minimum absolute atomic E-state index is 0.0611. The van der Waals surface area contributed by atoms with Crippen LogP contribution in [-0.2, 0) is 6.42 Å². The molecule has 24 heavy (non-hydrogen) atoms. The number of aromatic amines is 1. The number of rotatable bonds is 4. The first-order chi connectivity index (χ1) is 11.6. The lowest BCUT2D eigenvalue weighted by Gasteiger charge is -2.24. The Morgan fingerprint density at radius 1 is 1.29 bits per heavy atom. The predicted octanol–water partition coefficient (Wildman–Crippen LogP) is 2.21. The largest absolute Gasteiger partial charge is 0.497 e. The van der Waals surface area contributed by atoms with Crippen LogP contribution in [0.4, 0.5) is 0 Å². The van der Waals surface area contributed by atoms with E-state index in [9.17, 15) is 5.26 Å². The van der Waals surface area contributed by atoms with Crippen molar-refractivity contribution in [2.45, 2.75) is 19.3 Å². The molecule has 0 unspecified atom stereocenters. The van der Waals surface area contributed by atoms with Crippen molar-refractivity contribution in [3.05, 3.63) is 46.5 Å². The highest BCUT2D eigenvalue weighted by Crippen LogP contribution is 2.44. The average molecular weight is 326 g/mol. The Kier molecular flexibility index (Phi) is 4.04. The van der Waals surface area contributed by atoms with Crippen LogP contribution in [0.2, 0.25) is 0 Å². The van der Waals surface area contributed by atoms with Crippen LogP contribution < -0.4 is 19.9 Å². The molecule has 1 atom stereocenters. The summed E-state index contributed by atoms with van der Waals surface area (Å²) in [5.74, 6) is 1.34. The minimum Gasteiger partial charge on any atom is -0.497 e. The highest BCUT2D eigenvalue weighted by molar-refractivity contribution is 5.57. The average Bonchev–Trinajstić information content (AvgIpc) is 3.02. The van der Waals surface area contributed by atoms with Gasteiger partial charge in [-0.2, -0.15) is 5.26 Å². The molecular formula is C17H18N4O3. The second-order valence-corrected chi connectivity index (χ2v) is 5.35. The maximum absolute atomic E-state index is 9.61. The topological polar surface area (TPSA) is 106 Å². The van der Waals surface area contributed by atoms with Gasteiger partial charge in [0.25, 0.3) is 0 Å².